The minimum Gasteiger partial charge on any atom is -0.348 e. The number of amides is 1. The van der Waals surface area contributed by atoms with Gasteiger partial charge in [-0.1, -0.05) is 6.92 Å². The van der Waals surface area contributed by atoms with Crippen molar-refractivity contribution < 1.29 is 14.3 Å². The predicted octanol–water partition coefficient (Wildman–Crippen LogP) is 2.42. The lowest BCUT2D eigenvalue weighted by Crippen LogP contribution is -2.47. The van der Waals surface area contributed by atoms with Gasteiger partial charge >= 0.3 is 0 Å². The van der Waals surface area contributed by atoms with Crippen LogP contribution >= 0.6 is 0 Å². The van der Waals surface area contributed by atoms with Crippen molar-refractivity contribution in [2.75, 3.05) is 6.61 Å². The Labute approximate surface area is 111 Å². The molecule has 1 aliphatic heterocycles. The zero-order chi connectivity index (χ0) is 14.1. The van der Waals surface area contributed by atoms with Gasteiger partial charge in [-0.05, 0) is 41.5 Å². The molecule has 1 rings (SSSR count). The molecule has 1 amide bonds. The number of nitrogens with zero attached hydrogens (tertiary/aromatic N) is 1. The van der Waals surface area contributed by atoms with Crippen LogP contribution in [0, 0.1) is 5.92 Å². The first-order chi connectivity index (χ1) is 8.15. The van der Waals surface area contributed by atoms with Gasteiger partial charge in [0.15, 0.2) is 5.79 Å². The predicted molar refractivity (Wildman–Crippen MR) is 71.2 cm³/mol. The summed E-state index contributed by atoms with van der Waals surface area (Å²) >= 11 is 0. The van der Waals surface area contributed by atoms with E-state index in [-0.39, 0.29) is 30.0 Å². The number of hydrogen-bond acceptors (Lipinski definition) is 3. The number of rotatable bonds is 4. The van der Waals surface area contributed by atoms with Crippen molar-refractivity contribution in [3.05, 3.63) is 0 Å². The summed E-state index contributed by atoms with van der Waals surface area (Å²) in [5.74, 6) is -0.595. The second-order valence-corrected chi connectivity index (χ2v) is 6.09. The zero-order valence-corrected chi connectivity index (χ0v) is 12.7. The van der Waals surface area contributed by atoms with Crippen LogP contribution in [0.2, 0.25) is 0 Å². The second kappa shape index (κ2) is 5.57. The normalized spacial score (nSPS) is 24.6. The van der Waals surface area contributed by atoms with Gasteiger partial charge < -0.3 is 14.4 Å². The minimum atomic E-state index is -0.570. The zero-order valence-electron chi connectivity index (χ0n) is 12.7. The molecule has 4 nitrogen and oxygen atoms in total. The molecule has 0 aromatic heterocycles. The largest absolute Gasteiger partial charge is 0.348 e. The molecule has 0 saturated carbocycles. The van der Waals surface area contributed by atoms with E-state index in [0.717, 1.165) is 0 Å². The van der Waals surface area contributed by atoms with E-state index in [1.807, 2.05) is 53.4 Å². The number of carbonyl (C=O) groups is 1. The molecule has 106 valence electrons. The van der Waals surface area contributed by atoms with Crippen LogP contribution in [0.3, 0.4) is 0 Å². The third-order valence-corrected chi connectivity index (χ3v) is 3.34. The van der Waals surface area contributed by atoms with Gasteiger partial charge in [-0.25, -0.2) is 0 Å². The van der Waals surface area contributed by atoms with Gasteiger partial charge in [-0.15, -0.1) is 0 Å². The molecule has 0 bridgehead atoms. The van der Waals surface area contributed by atoms with E-state index < -0.39 is 5.79 Å². The molecular weight excluding hydrogens is 230 g/mol. The third-order valence-electron chi connectivity index (χ3n) is 3.34. The lowest BCUT2D eigenvalue weighted by molar-refractivity contribution is -0.156. The van der Waals surface area contributed by atoms with E-state index in [4.69, 9.17) is 9.47 Å². The highest BCUT2D eigenvalue weighted by Crippen LogP contribution is 2.28. The van der Waals surface area contributed by atoms with Gasteiger partial charge in [0.25, 0.3) is 0 Å². The molecule has 1 heterocycles. The quantitative estimate of drug-likeness (QED) is 0.776. The van der Waals surface area contributed by atoms with Crippen molar-refractivity contribution >= 4 is 5.91 Å². The summed E-state index contributed by atoms with van der Waals surface area (Å²) in [7, 11) is 0. The smallest absolute Gasteiger partial charge is 0.228 e. The van der Waals surface area contributed by atoms with Crippen molar-refractivity contribution in [1.82, 2.24) is 4.90 Å². The Morgan fingerprint density at radius 1 is 1.17 bits per heavy atom. The van der Waals surface area contributed by atoms with E-state index in [1.165, 1.54) is 0 Å². The fraction of sp³-hybridized carbons (Fsp3) is 0.929. The molecule has 2 atom stereocenters. The minimum absolute atomic E-state index is 0.145. The van der Waals surface area contributed by atoms with Crippen molar-refractivity contribution in [3.63, 3.8) is 0 Å². The van der Waals surface area contributed by atoms with E-state index in [1.54, 1.807) is 0 Å². The van der Waals surface area contributed by atoms with Crippen LogP contribution in [-0.4, -0.2) is 41.4 Å². The van der Waals surface area contributed by atoms with Crippen molar-refractivity contribution in [3.8, 4) is 0 Å². The van der Waals surface area contributed by atoms with Crippen molar-refractivity contribution in [2.24, 2.45) is 5.92 Å². The lowest BCUT2D eigenvalue weighted by atomic mass is 10.0. The molecule has 0 N–H and O–H groups in total. The van der Waals surface area contributed by atoms with Crippen LogP contribution in [0.5, 0.6) is 0 Å². The summed E-state index contributed by atoms with van der Waals surface area (Å²) in [5, 5.41) is 0. The summed E-state index contributed by atoms with van der Waals surface area (Å²) in [4.78, 5) is 14.4. The van der Waals surface area contributed by atoms with E-state index in [9.17, 15) is 4.79 Å². The van der Waals surface area contributed by atoms with Crippen molar-refractivity contribution in [1.29, 1.82) is 0 Å². The van der Waals surface area contributed by atoms with Crippen LogP contribution in [0.25, 0.3) is 0 Å². The van der Waals surface area contributed by atoms with Gasteiger partial charge in [0, 0.05) is 12.1 Å². The Kier molecular flexibility index (Phi) is 4.78. The first-order valence-electron chi connectivity index (χ1n) is 6.79. The molecule has 0 aromatic rings. The monoisotopic (exact) mass is 257 g/mol. The molecule has 18 heavy (non-hydrogen) atoms. The van der Waals surface area contributed by atoms with Crippen LogP contribution in [-0.2, 0) is 14.3 Å². The van der Waals surface area contributed by atoms with Gasteiger partial charge in [0.05, 0.1) is 18.6 Å². The molecule has 1 saturated heterocycles. The number of carbonyl (C=O) groups excluding carboxylic acids is 1. The van der Waals surface area contributed by atoms with Gasteiger partial charge in [-0.2, -0.15) is 0 Å². The Bertz CT molecular complexity index is 291. The Morgan fingerprint density at radius 3 is 2.00 bits per heavy atom. The van der Waals surface area contributed by atoms with E-state index in [0.29, 0.717) is 6.61 Å². The highest BCUT2D eigenvalue weighted by molar-refractivity contribution is 5.79. The van der Waals surface area contributed by atoms with Gasteiger partial charge in [-0.3, -0.25) is 4.79 Å². The standard InChI is InChI=1S/C14H27NO3/c1-9(2)15(10(3)4)13(16)11(5)12-8-17-14(6,7)18-12/h9-12H,8H2,1-7H3/t11-,12-/m1/s1. The Balaban J connectivity index is 2.71. The average Bonchev–Trinajstić information content (AvgIpc) is 2.56. The fourth-order valence-electron chi connectivity index (χ4n) is 2.46. The lowest BCUT2D eigenvalue weighted by Gasteiger charge is -2.34. The Morgan fingerprint density at radius 2 is 1.67 bits per heavy atom. The number of hydrogen-bond donors (Lipinski definition) is 0. The molecule has 0 radical (unpaired) electrons. The number of ether oxygens (including phenoxy) is 2. The maximum absolute atomic E-state index is 12.5. The van der Waals surface area contributed by atoms with E-state index >= 15 is 0 Å². The summed E-state index contributed by atoms with van der Waals surface area (Å²) in [6.45, 7) is 14.3. The summed E-state index contributed by atoms with van der Waals surface area (Å²) < 4.78 is 11.3. The fourth-order valence-corrected chi connectivity index (χ4v) is 2.46. The summed E-state index contributed by atoms with van der Waals surface area (Å²) in [6, 6.07) is 0.408. The molecule has 0 aromatic carbocycles. The highest BCUT2D eigenvalue weighted by atomic mass is 16.7. The highest BCUT2D eigenvalue weighted by Gasteiger charge is 2.40. The topological polar surface area (TPSA) is 38.8 Å². The molecule has 0 aliphatic carbocycles. The molecule has 0 unspecified atom stereocenters. The maximum Gasteiger partial charge on any atom is 0.228 e. The first kappa shape index (κ1) is 15.4. The van der Waals surface area contributed by atoms with Gasteiger partial charge in [0.1, 0.15) is 0 Å². The maximum atomic E-state index is 12.5. The van der Waals surface area contributed by atoms with Crippen molar-refractivity contribution in [2.45, 2.75) is 72.4 Å². The van der Waals surface area contributed by atoms with Crippen LogP contribution in [0.1, 0.15) is 48.5 Å². The van der Waals surface area contributed by atoms with Gasteiger partial charge in [0.2, 0.25) is 5.91 Å². The SMILES string of the molecule is CC(C)N(C(=O)[C@H](C)[C@H]1COC(C)(C)O1)C(C)C. The van der Waals surface area contributed by atoms with Crippen LogP contribution < -0.4 is 0 Å². The first-order valence-corrected chi connectivity index (χ1v) is 6.79. The molecule has 4 heteroatoms. The summed E-state index contributed by atoms with van der Waals surface area (Å²) in [6.07, 6.45) is -0.146. The molecule has 1 fully saturated rings. The van der Waals surface area contributed by atoms with E-state index in [2.05, 4.69) is 0 Å². The van der Waals surface area contributed by atoms with Crippen LogP contribution in [0.4, 0.5) is 0 Å². The Hall–Kier alpha value is -0.610. The molecule has 0 spiro atoms. The summed E-state index contributed by atoms with van der Waals surface area (Å²) in [5.41, 5.74) is 0. The molecule has 1 aliphatic rings. The molecular formula is C14H27NO3. The van der Waals surface area contributed by atoms with Crippen LogP contribution in [0.15, 0.2) is 0 Å². The second-order valence-electron chi connectivity index (χ2n) is 6.09. The third kappa shape index (κ3) is 3.45. The average molecular weight is 257 g/mol.